The van der Waals surface area contributed by atoms with Crippen LogP contribution in [0.1, 0.15) is 40.0 Å². The molecule has 2 rings (SSSR count). The van der Waals surface area contributed by atoms with Gasteiger partial charge in [-0.2, -0.15) is 0 Å². The molecule has 3 heteroatoms. The molecule has 0 heterocycles. The first-order valence-electron chi connectivity index (χ1n) is 6.33. The van der Waals surface area contributed by atoms with Gasteiger partial charge < -0.3 is 5.11 Å². The predicted molar refractivity (Wildman–Crippen MR) is 59.3 cm³/mol. The number of hydrogen-bond acceptors (Lipinski definition) is 1. The van der Waals surface area contributed by atoms with Crippen molar-refractivity contribution in [3.05, 3.63) is 0 Å². The summed E-state index contributed by atoms with van der Waals surface area (Å²) in [5.74, 6) is 2.94. The van der Waals surface area contributed by atoms with Crippen molar-refractivity contribution in [3.63, 3.8) is 0 Å². The fourth-order valence-corrected chi connectivity index (χ4v) is 3.95. The first-order valence-corrected chi connectivity index (χ1v) is 6.33. The molecule has 0 aromatic carbocycles. The van der Waals surface area contributed by atoms with E-state index in [1.807, 2.05) is 0 Å². The van der Waals surface area contributed by atoms with Crippen molar-refractivity contribution in [2.24, 2.45) is 29.6 Å². The van der Waals surface area contributed by atoms with Gasteiger partial charge in [-0.05, 0) is 55.8 Å². The highest BCUT2D eigenvalue weighted by atomic mass is 19.3. The largest absolute Gasteiger partial charge is 0.384 e. The minimum Gasteiger partial charge on any atom is -0.384 e. The summed E-state index contributed by atoms with van der Waals surface area (Å²) in [6, 6.07) is 0. The molecule has 0 spiro atoms. The Morgan fingerprint density at radius 1 is 1.25 bits per heavy atom. The molecule has 2 saturated carbocycles. The van der Waals surface area contributed by atoms with Gasteiger partial charge in [0.1, 0.15) is 5.60 Å². The SMILES string of the molecule is CC1C2CC(CC(C)(O)C(F)F)C(C2)C1C. The van der Waals surface area contributed by atoms with Gasteiger partial charge in [0, 0.05) is 0 Å². The normalized spacial score (nSPS) is 46.3. The third kappa shape index (κ3) is 1.87. The van der Waals surface area contributed by atoms with Crippen molar-refractivity contribution in [1.29, 1.82) is 0 Å². The molecular weight excluding hydrogens is 210 g/mol. The molecule has 0 saturated heterocycles. The summed E-state index contributed by atoms with van der Waals surface area (Å²) in [4.78, 5) is 0. The minimum absolute atomic E-state index is 0.267. The number of alkyl halides is 2. The molecule has 6 unspecified atom stereocenters. The molecule has 16 heavy (non-hydrogen) atoms. The summed E-state index contributed by atoms with van der Waals surface area (Å²) >= 11 is 0. The van der Waals surface area contributed by atoms with Crippen molar-refractivity contribution >= 4 is 0 Å². The predicted octanol–water partition coefficient (Wildman–Crippen LogP) is 3.32. The van der Waals surface area contributed by atoms with Crippen LogP contribution in [0.15, 0.2) is 0 Å². The molecule has 6 atom stereocenters. The van der Waals surface area contributed by atoms with Crippen molar-refractivity contribution in [3.8, 4) is 0 Å². The number of rotatable bonds is 3. The average molecular weight is 232 g/mol. The highest BCUT2D eigenvalue weighted by Crippen LogP contribution is 2.56. The highest BCUT2D eigenvalue weighted by Gasteiger charge is 2.50. The lowest BCUT2D eigenvalue weighted by molar-refractivity contribution is -0.102. The van der Waals surface area contributed by atoms with E-state index in [4.69, 9.17) is 0 Å². The lowest BCUT2D eigenvalue weighted by Crippen LogP contribution is -2.38. The minimum atomic E-state index is -2.63. The standard InChI is InChI=1S/C13H22F2O/c1-7-8(2)11-5-9(7)4-10(11)6-13(3,16)12(14)15/h7-12,16H,4-6H2,1-3H3. The molecule has 0 aliphatic heterocycles. The van der Waals surface area contributed by atoms with Crippen LogP contribution in [0.3, 0.4) is 0 Å². The molecular formula is C13H22F2O. The number of hydrogen-bond donors (Lipinski definition) is 1. The molecule has 2 aliphatic carbocycles. The van der Waals surface area contributed by atoms with E-state index in [-0.39, 0.29) is 6.42 Å². The first-order chi connectivity index (χ1) is 7.33. The fraction of sp³-hybridized carbons (Fsp3) is 1.00. The van der Waals surface area contributed by atoms with Crippen molar-refractivity contribution in [1.82, 2.24) is 0 Å². The summed E-state index contributed by atoms with van der Waals surface area (Å²) in [6.45, 7) is 5.78. The second-order valence-electron chi connectivity index (χ2n) is 6.24. The zero-order valence-corrected chi connectivity index (χ0v) is 10.3. The second kappa shape index (κ2) is 3.94. The monoisotopic (exact) mass is 232 g/mol. The van der Waals surface area contributed by atoms with Gasteiger partial charge in [-0.3, -0.25) is 0 Å². The van der Waals surface area contributed by atoms with Crippen LogP contribution in [0.25, 0.3) is 0 Å². The quantitative estimate of drug-likeness (QED) is 0.791. The lowest BCUT2D eigenvalue weighted by atomic mass is 9.72. The van der Waals surface area contributed by atoms with Crippen LogP contribution in [0, 0.1) is 29.6 Å². The Hall–Kier alpha value is -0.180. The maximum absolute atomic E-state index is 12.6. The van der Waals surface area contributed by atoms with Crippen LogP contribution in [0.5, 0.6) is 0 Å². The van der Waals surface area contributed by atoms with Gasteiger partial charge in [-0.15, -0.1) is 0 Å². The van der Waals surface area contributed by atoms with E-state index in [1.165, 1.54) is 13.3 Å². The highest BCUT2D eigenvalue weighted by molar-refractivity contribution is 4.99. The third-order valence-electron chi connectivity index (χ3n) is 5.18. The van der Waals surface area contributed by atoms with Crippen LogP contribution in [0.2, 0.25) is 0 Å². The first kappa shape index (κ1) is 12.3. The van der Waals surface area contributed by atoms with E-state index in [2.05, 4.69) is 13.8 Å². The van der Waals surface area contributed by atoms with E-state index in [0.717, 1.165) is 12.3 Å². The van der Waals surface area contributed by atoms with E-state index in [0.29, 0.717) is 23.7 Å². The smallest absolute Gasteiger partial charge is 0.266 e. The lowest BCUT2D eigenvalue weighted by Gasteiger charge is -2.35. The Morgan fingerprint density at radius 2 is 1.88 bits per heavy atom. The summed E-state index contributed by atoms with van der Waals surface area (Å²) in [7, 11) is 0. The molecule has 94 valence electrons. The molecule has 2 aliphatic rings. The Labute approximate surface area is 96.2 Å². The van der Waals surface area contributed by atoms with Crippen LogP contribution < -0.4 is 0 Å². The summed E-state index contributed by atoms with van der Waals surface area (Å²) in [6.07, 6.45) is -0.131. The van der Waals surface area contributed by atoms with E-state index >= 15 is 0 Å². The number of fused-ring (bicyclic) bond motifs is 2. The second-order valence-corrected chi connectivity index (χ2v) is 6.24. The Kier molecular flexibility index (Phi) is 3.02. The summed E-state index contributed by atoms with van der Waals surface area (Å²) in [5.41, 5.74) is -1.79. The van der Waals surface area contributed by atoms with Gasteiger partial charge in [-0.1, -0.05) is 13.8 Å². The zero-order valence-electron chi connectivity index (χ0n) is 10.3. The summed E-state index contributed by atoms with van der Waals surface area (Å²) < 4.78 is 25.3. The summed E-state index contributed by atoms with van der Waals surface area (Å²) in [5, 5.41) is 9.68. The van der Waals surface area contributed by atoms with E-state index in [1.54, 1.807) is 0 Å². The van der Waals surface area contributed by atoms with Crippen LogP contribution in [-0.4, -0.2) is 17.1 Å². The van der Waals surface area contributed by atoms with Gasteiger partial charge in [0.05, 0.1) is 0 Å². The maximum Gasteiger partial charge on any atom is 0.266 e. The molecule has 0 amide bonds. The van der Waals surface area contributed by atoms with Crippen LogP contribution >= 0.6 is 0 Å². The third-order valence-corrected chi connectivity index (χ3v) is 5.18. The van der Waals surface area contributed by atoms with Crippen molar-refractivity contribution < 1.29 is 13.9 Å². The Balaban J connectivity index is 2.00. The van der Waals surface area contributed by atoms with Gasteiger partial charge in [-0.25, -0.2) is 8.78 Å². The van der Waals surface area contributed by atoms with Crippen LogP contribution in [0.4, 0.5) is 8.78 Å². The zero-order chi connectivity index (χ0) is 12.1. The van der Waals surface area contributed by atoms with Gasteiger partial charge >= 0.3 is 0 Å². The number of halogens is 2. The molecule has 2 fully saturated rings. The van der Waals surface area contributed by atoms with Gasteiger partial charge in [0.25, 0.3) is 6.43 Å². The van der Waals surface area contributed by atoms with E-state index < -0.39 is 12.0 Å². The molecule has 1 nitrogen and oxygen atoms in total. The Morgan fingerprint density at radius 3 is 2.31 bits per heavy atom. The topological polar surface area (TPSA) is 20.2 Å². The molecule has 0 radical (unpaired) electrons. The molecule has 1 N–H and O–H groups in total. The van der Waals surface area contributed by atoms with Crippen molar-refractivity contribution in [2.75, 3.05) is 0 Å². The fourth-order valence-electron chi connectivity index (χ4n) is 3.95. The molecule has 0 aromatic rings. The van der Waals surface area contributed by atoms with Crippen molar-refractivity contribution in [2.45, 2.75) is 52.1 Å². The van der Waals surface area contributed by atoms with Crippen LogP contribution in [-0.2, 0) is 0 Å². The van der Waals surface area contributed by atoms with E-state index in [9.17, 15) is 13.9 Å². The molecule has 0 aromatic heterocycles. The maximum atomic E-state index is 12.6. The van der Waals surface area contributed by atoms with Gasteiger partial charge in [0.2, 0.25) is 0 Å². The Bertz CT molecular complexity index is 263. The average Bonchev–Trinajstić information content (AvgIpc) is 2.67. The van der Waals surface area contributed by atoms with Gasteiger partial charge in [0.15, 0.2) is 0 Å². The number of aliphatic hydroxyl groups is 1. The molecule has 2 bridgehead atoms.